The number of halogens is 1. The van der Waals surface area contributed by atoms with Gasteiger partial charge in [0, 0.05) is 24.4 Å². The molecule has 0 fully saturated rings. The molecule has 2 N–H and O–H groups in total. The maximum absolute atomic E-state index is 12.0. The molecule has 0 radical (unpaired) electrons. The summed E-state index contributed by atoms with van der Waals surface area (Å²) in [6.45, 7) is 0.256. The van der Waals surface area contributed by atoms with E-state index >= 15 is 0 Å². The number of rotatable bonds is 9. The van der Waals surface area contributed by atoms with Gasteiger partial charge in [-0.05, 0) is 48.5 Å². The highest BCUT2D eigenvalue weighted by Crippen LogP contribution is 2.16. The quantitative estimate of drug-likeness (QED) is 0.632. The van der Waals surface area contributed by atoms with Crippen LogP contribution >= 0.6 is 11.6 Å². The molecule has 140 valence electrons. The summed E-state index contributed by atoms with van der Waals surface area (Å²) in [5.74, 6) is 0.0392. The second kappa shape index (κ2) is 9.54. The number of amides is 1. The summed E-state index contributed by atoms with van der Waals surface area (Å²) < 4.78 is 36.6. The number of hydrogen-bond acceptors (Lipinski definition) is 5. The van der Waals surface area contributed by atoms with E-state index in [0.717, 1.165) is 0 Å². The topological polar surface area (TPSA) is 93.7 Å². The summed E-state index contributed by atoms with van der Waals surface area (Å²) in [5, 5.41) is 3.24. The van der Waals surface area contributed by atoms with E-state index in [4.69, 9.17) is 21.1 Å². The van der Waals surface area contributed by atoms with Gasteiger partial charge in [-0.15, -0.1) is 0 Å². The zero-order chi connectivity index (χ0) is 19.0. The fourth-order valence-corrected chi connectivity index (χ4v) is 3.09. The van der Waals surface area contributed by atoms with E-state index in [1.165, 1.54) is 31.4 Å². The first-order valence-corrected chi connectivity index (χ1v) is 9.54. The van der Waals surface area contributed by atoms with Crippen molar-refractivity contribution in [2.24, 2.45) is 0 Å². The van der Waals surface area contributed by atoms with E-state index in [9.17, 15) is 13.2 Å². The monoisotopic (exact) mass is 398 g/mol. The minimum Gasteiger partial charge on any atom is -0.484 e. The van der Waals surface area contributed by atoms with Crippen LogP contribution in [0, 0.1) is 0 Å². The molecule has 1 amide bonds. The molecule has 0 saturated carbocycles. The maximum Gasteiger partial charge on any atom is 0.262 e. The van der Waals surface area contributed by atoms with Gasteiger partial charge in [0.25, 0.3) is 5.91 Å². The zero-order valence-electron chi connectivity index (χ0n) is 14.1. The van der Waals surface area contributed by atoms with Gasteiger partial charge in [0.1, 0.15) is 5.75 Å². The van der Waals surface area contributed by atoms with Crippen LogP contribution < -0.4 is 14.8 Å². The SMILES string of the molecule is COCCNS(=O)(=O)c1ccc(OCC(=O)Nc2ccc(Cl)cc2)cc1. The second-order valence-corrected chi connectivity index (χ2v) is 7.41. The summed E-state index contributed by atoms with van der Waals surface area (Å²) in [6.07, 6.45) is 0. The van der Waals surface area contributed by atoms with Crippen molar-refractivity contribution in [3.8, 4) is 5.75 Å². The summed E-state index contributed by atoms with van der Waals surface area (Å²) >= 11 is 5.78. The van der Waals surface area contributed by atoms with E-state index in [1.807, 2.05) is 0 Å². The molecule has 2 rings (SSSR count). The third-order valence-corrected chi connectivity index (χ3v) is 4.96. The Bertz CT molecular complexity index is 823. The zero-order valence-corrected chi connectivity index (χ0v) is 15.6. The normalized spacial score (nSPS) is 11.2. The predicted molar refractivity (Wildman–Crippen MR) is 99.1 cm³/mol. The number of sulfonamides is 1. The average Bonchev–Trinajstić information content (AvgIpc) is 2.62. The van der Waals surface area contributed by atoms with Crippen molar-refractivity contribution in [3.05, 3.63) is 53.6 Å². The summed E-state index contributed by atoms with van der Waals surface area (Å²) in [7, 11) is -2.11. The molecule has 0 atom stereocenters. The molecule has 2 aromatic rings. The molecule has 0 aliphatic heterocycles. The Kier molecular flexibility index (Phi) is 7.40. The second-order valence-electron chi connectivity index (χ2n) is 5.21. The van der Waals surface area contributed by atoms with Crippen LogP contribution in [0.2, 0.25) is 5.02 Å². The molecule has 0 heterocycles. The highest BCUT2D eigenvalue weighted by molar-refractivity contribution is 7.89. The molecule has 0 unspecified atom stereocenters. The molecule has 7 nitrogen and oxygen atoms in total. The molecule has 26 heavy (non-hydrogen) atoms. The van der Waals surface area contributed by atoms with E-state index in [1.54, 1.807) is 24.3 Å². The van der Waals surface area contributed by atoms with Crippen LogP contribution in [0.5, 0.6) is 5.75 Å². The molecule has 0 bridgehead atoms. The Morgan fingerprint density at radius 3 is 2.35 bits per heavy atom. The molecule has 0 aromatic heterocycles. The van der Waals surface area contributed by atoms with Gasteiger partial charge >= 0.3 is 0 Å². The lowest BCUT2D eigenvalue weighted by Gasteiger charge is -2.09. The van der Waals surface area contributed by atoms with Gasteiger partial charge in [0.05, 0.1) is 11.5 Å². The van der Waals surface area contributed by atoms with Crippen molar-refractivity contribution in [3.63, 3.8) is 0 Å². The molecule has 9 heteroatoms. The third-order valence-electron chi connectivity index (χ3n) is 3.23. The number of carbonyl (C=O) groups is 1. The smallest absolute Gasteiger partial charge is 0.262 e. The van der Waals surface area contributed by atoms with Gasteiger partial charge in [-0.25, -0.2) is 13.1 Å². The van der Waals surface area contributed by atoms with Crippen molar-refractivity contribution in [2.45, 2.75) is 4.90 Å². The van der Waals surface area contributed by atoms with Gasteiger partial charge in [0.2, 0.25) is 10.0 Å². The lowest BCUT2D eigenvalue weighted by atomic mass is 10.3. The van der Waals surface area contributed by atoms with Crippen molar-refractivity contribution in [1.29, 1.82) is 0 Å². The first-order valence-electron chi connectivity index (χ1n) is 7.67. The molecule has 2 aromatic carbocycles. The summed E-state index contributed by atoms with van der Waals surface area (Å²) in [6, 6.07) is 12.5. The average molecular weight is 399 g/mol. The van der Waals surface area contributed by atoms with Crippen LogP contribution in [0.1, 0.15) is 0 Å². The van der Waals surface area contributed by atoms with Gasteiger partial charge < -0.3 is 14.8 Å². The number of nitrogens with one attached hydrogen (secondary N) is 2. The highest BCUT2D eigenvalue weighted by atomic mass is 35.5. The molecule has 0 aliphatic rings. The Hall–Kier alpha value is -2.13. The number of carbonyl (C=O) groups excluding carboxylic acids is 1. The number of ether oxygens (including phenoxy) is 2. The molecular formula is C17H19ClN2O5S. The third kappa shape index (κ3) is 6.30. The van der Waals surface area contributed by atoms with Crippen molar-refractivity contribution >= 4 is 33.2 Å². The summed E-state index contributed by atoms with van der Waals surface area (Å²) in [4.78, 5) is 12.0. The van der Waals surface area contributed by atoms with Gasteiger partial charge in [-0.2, -0.15) is 0 Å². The van der Waals surface area contributed by atoms with Crippen molar-refractivity contribution in [2.75, 3.05) is 32.2 Å². The van der Waals surface area contributed by atoms with E-state index in [0.29, 0.717) is 16.5 Å². The Labute approximate surface area is 157 Å². The first kappa shape index (κ1) is 20.2. The molecule has 0 aliphatic carbocycles. The van der Waals surface area contributed by atoms with Crippen molar-refractivity contribution < 1.29 is 22.7 Å². The number of anilines is 1. The van der Waals surface area contributed by atoms with Crippen LogP contribution in [0.3, 0.4) is 0 Å². The largest absolute Gasteiger partial charge is 0.484 e. The Balaban J connectivity index is 1.86. The standard InChI is InChI=1S/C17H19ClN2O5S/c1-24-11-10-19-26(22,23)16-8-6-15(7-9-16)25-12-17(21)20-14-4-2-13(18)3-5-14/h2-9,19H,10-12H2,1H3,(H,20,21). The van der Waals surface area contributed by atoms with Crippen molar-refractivity contribution in [1.82, 2.24) is 4.72 Å². The Morgan fingerprint density at radius 1 is 1.08 bits per heavy atom. The molecular weight excluding hydrogens is 380 g/mol. The fourth-order valence-electron chi connectivity index (χ4n) is 1.96. The van der Waals surface area contributed by atoms with Gasteiger partial charge in [-0.1, -0.05) is 11.6 Å². The lowest BCUT2D eigenvalue weighted by molar-refractivity contribution is -0.118. The van der Waals surface area contributed by atoms with Crippen LogP contribution in [0.25, 0.3) is 0 Å². The predicted octanol–water partition coefficient (Wildman–Crippen LogP) is 2.28. The van der Waals surface area contributed by atoms with E-state index < -0.39 is 10.0 Å². The molecule has 0 spiro atoms. The number of benzene rings is 2. The van der Waals surface area contributed by atoms with Gasteiger partial charge in [0.15, 0.2) is 6.61 Å². The van der Waals surface area contributed by atoms with Crippen LogP contribution in [-0.4, -0.2) is 41.2 Å². The highest BCUT2D eigenvalue weighted by Gasteiger charge is 2.13. The molecule has 0 saturated heterocycles. The van der Waals surface area contributed by atoms with Crippen LogP contribution in [-0.2, 0) is 19.6 Å². The first-order chi connectivity index (χ1) is 12.4. The maximum atomic E-state index is 12.0. The number of hydrogen-bond donors (Lipinski definition) is 2. The van der Waals surface area contributed by atoms with E-state index in [-0.39, 0.29) is 30.6 Å². The van der Waals surface area contributed by atoms with Crippen LogP contribution in [0.15, 0.2) is 53.4 Å². The summed E-state index contributed by atoms with van der Waals surface area (Å²) in [5.41, 5.74) is 0.603. The van der Waals surface area contributed by atoms with Gasteiger partial charge in [-0.3, -0.25) is 4.79 Å². The van der Waals surface area contributed by atoms with E-state index in [2.05, 4.69) is 10.0 Å². The lowest BCUT2D eigenvalue weighted by Crippen LogP contribution is -2.27. The van der Waals surface area contributed by atoms with Crippen LogP contribution in [0.4, 0.5) is 5.69 Å². The Morgan fingerprint density at radius 2 is 1.73 bits per heavy atom. The minimum absolute atomic E-state index is 0.103. The fraction of sp³-hybridized carbons (Fsp3) is 0.235. The minimum atomic E-state index is -3.60. The number of methoxy groups -OCH3 is 1.